The summed E-state index contributed by atoms with van der Waals surface area (Å²) >= 11 is 1.37. The van der Waals surface area contributed by atoms with Crippen LogP contribution in [0, 0.1) is 0 Å². The Morgan fingerprint density at radius 2 is 1.80 bits per heavy atom. The quantitative estimate of drug-likeness (QED) is 0.685. The lowest BCUT2D eigenvalue weighted by Gasteiger charge is -2.26. The molecule has 90 valence electrons. The Hall–Kier alpha value is 0.0600. The molecule has 0 radical (unpaired) electrons. The largest absolute Gasteiger partial charge is 0.389 e. The van der Waals surface area contributed by atoms with Crippen molar-refractivity contribution in [1.29, 1.82) is 0 Å². The van der Waals surface area contributed by atoms with Gasteiger partial charge < -0.3 is 4.74 Å². The van der Waals surface area contributed by atoms with Crippen LogP contribution >= 0.6 is 11.8 Å². The Balaban J connectivity index is 1.92. The van der Waals surface area contributed by atoms with Gasteiger partial charge in [-0.3, -0.25) is 4.90 Å². The van der Waals surface area contributed by atoms with Crippen LogP contribution in [-0.2, 0) is 4.74 Å². The lowest BCUT2D eigenvalue weighted by Crippen LogP contribution is -2.37. The highest BCUT2D eigenvalue weighted by molar-refractivity contribution is 7.99. The molecular formula is C9H16F3NOS. The standard InChI is InChI=1S/C9H16F3NOS/c10-9(11,12)1-7-15-8-4-13-2-5-14-6-3-13/h1-8H2. The van der Waals surface area contributed by atoms with Crippen LogP contribution in [0.1, 0.15) is 6.42 Å². The Bertz CT molecular complexity index is 171. The number of hydrogen-bond acceptors (Lipinski definition) is 3. The van der Waals surface area contributed by atoms with Crippen molar-refractivity contribution >= 4 is 11.8 Å². The molecule has 1 rings (SSSR count). The van der Waals surface area contributed by atoms with Crippen LogP contribution in [0.3, 0.4) is 0 Å². The lowest BCUT2D eigenvalue weighted by atomic mass is 10.4. The first-order valence-electron chi connectivity index (χ1n) is 5.02. The SMILES string of the molecule is FC(F)(F)CCSCCN1CCOCC1. The molecule has 0 aromatic rings. The number of halogens is 3. The Morgan fingerprint density at radius 1 is 1.13 bits per heavy atom. The van der Waals surface area contributed by atoms with Gasteiger partial charge >= 0.3 is 6.18 Å². The Morgan fingerprint density at radius 3 is 2.40 bits per heavy atom. The third-order valence-corrected chi connectivity index (χ3v) is 3.15. The van der Waals surface area contributed by atoms with Gasteiger partial charge in [-0.25, -0.2) is 0 Å². The Kier molecular flexibility index (Phi) is 5.78. The first-order valence-corrected chi connectivity index (χ1v) is 6.18. The molecule has 1 saturated heterocycles. The summed E-state index contributed by atoms with van der Waals surface area (Å²) in [5, 5.41) is 0. The highest BCUT2D eigenvalue weighted by Crippen LogP contribution is 2.21. The summed E-state index contributed by atoms with van der Waals surface area (Å²) in [6.07, 6.45) is -4.69. The second kappa shape index (κ2) is 6.60. The van der Waals surface area contributed by atoms with Gasteiger partial charge in [0, 0.05) is 31.1 Å². The lowest BCUT2D eigenvalue weighted by molar-refractivity contribution is -0.129. The van der Waals surface area contributed by atoms with E-state index >= 15 is 0 Å². The van der Waals surface area contributed by atoms with Crippen LogP contribution in [0.25, 0.3) is 0 Å². The summed E-state index contributed by atoms with van der Waals surface area (Å²) in [5.74, 6) is 0.948. The molecule has 0 bridgehead atoms. The number of ether oxygens (including phenoxy) is 1. The minimum atomic E-state index is -4.01. The van der Waals surface area contributed by atoms with Crippen molar-refractivity contribution in [3.05, 3.63) is 0 Å². The fraction of sp³-hybridized carbons (Fsp3) is 1.00. The summed E-state index contributed by atoms with van der Waals surface area (Å²) in [5.41, 5.74) is 0. The molecule has 6 heteroatoms. The molecule has 0 aliphatic carbocycles. The van der Waals surface area contributed by atoms with Gasteiger partial charge in [0.25, 0.3) is 0 Å². The average molecular weight is 243 g/mol. The molecule has 2 nitrogen and oxygen atoms in total. The molecule has 15 heavy (non-hydrogen) atoms. The van der Waals surface area contributed by atoms with Crippen LogP contribution in [0.2, 0.25) is 0 Å². The van der Waals surface area contributed by atoms with Gasteiger partial charge in [0.05, 0.1) is 19.6 Å². The van der Waals surface area contributed by atoms with Crippen LogP contribution < -0.4 is 0 Å². The molecule has 0 amide bonds. The molecule has 1 heterocycles. The van der Waals surface area contributed by atoms with Gasteiger partial charge in [-0.2, -0.15) is 24.9 Å². The maximum Gasteiger partial charge on any atom is 0.389 e. The van der Waals surface area contributed by atoms with E-state index in [1.54, 1.807) is 0 Å². The molecule has 0 spiro atoms. The van der Waals surface area contributed by atoms with Crippen molar-refractivity contribution in [2.75, 3.05) is 44.4 Å². The van der Waals surface area contributed by atoms with Gasteiger partial charge in [-0.05, 0) is 0 Å². The maximum absolute atomic E-state index is 11.8. The van der Waals surface area contributed by atoms with Crippen LogP contribution in [0.4, 0.5) is 13.2 Å². The highest BCUT2D eigenvalue weighted by Gasteiger charge is 2.26. The van der Waals surface area contributed by atoms with Gasteiger partial charge in [0.2, 0.25) is 0 Å². The number of morpholine rings is 1. The van der Waals surface area contributed by atoms with E-state index in [0.717, 1.165) is 38.6 Å². The van der Waals surface area contributed by atoms with Gasteiger partial charge in [0.15, 0.2) is 0 Å². The third kappa shape index (κ3) is 7.03. The Labute approximate surface area is 92.1 Å². The summed E-state index contributed by atoms with van der Waals surface area (Å²) < 4.78 is 40.6. The first-order chi connectivity index (χ1) is 7.08. The zero-order chi connectivity index (χ0) is 11.1. The molecule has 0 aromatic carbocycles. The molecule has 0 aromatic heterocycles. The van der Waals surface area contributed by atoms with Crippen LogP contribution in [-0.4, -0.2) is 55.4 Å². The monoisotopic (exact) mass is 243 g/mol. The van der Waals surface area contributed by atoms with E-state index in [4.69, 9.17) is 4.74 Å². The first kappa shape index (κ1) is 13.1. The number of hydrogen-bond donors (Lipinski definition) is 0. The summed E-state index contributed by atoms with van der Waals surface area (Å²) in [7, 11) is 0. The highest BCUT2D eigenvalue weighted by atomic mass is 32.2. The number of rotatable bonds is 5. The van der Waals surface area contributed by atoms with E-state index in [2.05, 4.69) is 4.90 Å². The van der Waals surface area contributed by atoms with E-state index < -0.39 is 12.6 Å². The zero-order valence-corrected chi connectivity index (χ0v) is 9.37. The molecule has 0 N–H and O–H groups in total. The van der Waals surface area contributed by atoms with Crippen molar-refractivity contribution in [2.24, 2.45) is 0 Å². The van der Waals surface area contributed by atoms with E-state index in [0.29, 0.717) is 0 Å². The second-order valence-electron chi connectivity index (χ2n) is 3.43. The fourth-order valence-corrected chi connectivity index (χ4v) is 2.28. The van der Waals surface area contributed by atoms with E-state index in [1.807, 2.05) is 0 Å². The average Bonchev–Trinajstić information content (AvgIpc) is 2.17. The van der Waals surface area contributed by atoms with Crippen molar-refractivity contribution < 1.29 is 17.9 Å². The minimum Gasteiger partial charge on any atom is -0.379 e. The van der Waals surface area contributed by atoms with Crippen molar-refractivity contribution in [2.45, 2.75) is 12.6 Å². The molecule has 0 saturated carbocycles. The molecule has 1 fully saturated rings. The van der Waals surface area contributed by atoms with E-state index in [-0.39, 0.29) is 5.75 Å². The number of thioether (sulfide) groups is 1. The summed E-state index contributed by atoms with van der Waals surface area (Å²) in [6.45, 7) is 4.16. The van der Waals surface area contributed by atoms with Gasteiger partial charge in [-0.1, -0.05) is 0 Å². The number of nitrogens with zero attached hydrogens (tertiary/aromatic N) is 1. The molecule has 0 atom stereocenters. The molecule has 0 unspecified atom stereocenters. The van der Waals surface area contributed by atoms with E-state index in [9.17, 15) is 13.2 Å². The molecular weight excluding hydrogens is 227 g/mol. The third-order valence-electron chi connectivity index (χ3n) is 2.19. The molecule has 1 aliphatic rings. The van der Waals surface area contributed by atoms with Crippen LogP contribution in [0.5, 0.6) is 0 Å². The fourth-order valence-electron chi connectivity index (χ4n) is 1.31. The summed E-state index contributed by atoms with van der Waals surface area (Å²) in [4.78, 5) is 2.23. The van der Waals surface area contributed by atoms with Crippen LogP contribution in [0.15, 0.2) is 0 Å². The van der Waals surface area contributed by atoms with E-state index in [1.165, 1.54) is 11.8 Å². The predicted molar refractivity (Wildman–Crippen MR) is 55.3 cm³/mol. The smallest absolute Gasteiger partial charge is 0.379 e. The maximum atomic E-state index is 11.8. The minimum absolute atomic E-state index is 0.174. The van der Waals surface area contributed by atoms with Gasteiger partial charge in [-0.15, -0.1) is 0 Å². The van der Waals surface area contributed by atoms with Crippen molar-refractivity contribution in [3.63, 3.8) is 0 Å². The summed E-state index contributed by atoms with van der Waals surface area (Å²) in [6, 6.07) is 0. The number of alkyl halides is 3. The van der Waals surface area contributed by atoms with Crippen molar-refractivity contribution in [3.8, 4) is 0 Å². The predicted octanol–water partition coefficient (Wildman–Crippen LogP) is 2.00. The topological polar surface area (TPSA) is 12.5 Å². The second-order valence-corrected chi connectivity index (χ2v) is 4.66. The zero-order valence-electron chi connectivity index (χ0n) is 8.55. The normalized spacial score (nSPS) is 19.4. The molecule has 1 aliphatic heterocycles. The van der Waals surface area contributed by atoms with Gasteiger partial charge in [0.1, 0.15) is 0 Å². The van der Waals surface area contributed by atoms with Crippen molar-refractivity contribution in [1.82, 2.24) is 4.90 Å².